The lowest BCUT2D eigenvalue weighted by Gasteiger charge is -2.13. The molecule has 0 aliphatic heterocycles. The quantitative estimate of drug-likeness (QED) is 0.901. The molecule has 1 unspecified atom stereocenters. The summed E-state index contributed by atoms with van der Waals surface area (Å²) in [5, 5.41) is 13.3. The van der Waals surface area contributed by atoms with E-state index in [1.54, 1.807) is 18.2 Å². The summed E-state index contributed by atoms with van der Waals surface area (Å²) in [6.07, 6.45) is -0.960. The van der Waals surface area contributed by atoms with Gasteiger partial charge in [0.25, 0.3) is 5.91 Å². The van der Waals surface area contributed by atoms with Crippen molar-refractivity contribution in [3.05, 3.63) is 69.5 Å². The molecule has 0 aromatic heterocycles. The van der Waals surface area contributed by atoms with Crippen LogP contribution in [0, 0.1) is 5.82 Å². The molecular formula is C15H12Cl2FNO2. The van der Waals surface area contributed by atoms with E-state index in [0.29, 0.717) is 15.6 Å². The number of hydrogen-bond acceptors (Lipinski definition) is 2. The van der Waals surface area contributed by atoms with E-state index in [9.17, 15) is 14.3 Å². The Morgan fingerprint density at radius 1 is 1.19 bits per heavy atom. The van der Waals surface area contributed by atoms with E-state index in [0.717, 1.165) is 6.07 Å². The second-order valence-corrected chi connectivity index (χ2v) is 5.31. The Kier molecular flexibility index (Phi) is 5.17. The van der Waals surface area contributed by atoms with Crippen LogP contribution in [-0.4, -0.2) is 17.6 Å². The van der Waals surface area contributed by atoms with Gasteiger partial charge in [-0.05, 0) is 42.0 Å². The van der Waals surface area contributed by atoms with E-state index in [4.69, 9.17) is 23.2 Å². The van der Waals surface area contributed by atoms with Gasteiger partial charge in [-0.1, -0.05) is 29.3 Å². The Hall–Kier alpha value is -1.62. The van der Waals surface area contributed by atoms with E-state index in [2.05, 4.69) is 5.32 Å². The topological polar surface area (TPSA) is 49.3 Å². The predicted molar refractivity (Wildman–Crippen MR) is 80.2 cm³/mol. The Bertz CT molecular complexity index is 644. The molecule has 0 saturated heterocycles. The first-order chi connectivity index (χ1) is 9.95. The van der Waals surface area contributed by atoms with E-state index < -0.39 is 17.8 Å². The zero-order chi connectivity index (χ0) is 15.4. The number of aliphatic hydroxyl groups is 1. The highest BCUT2D eigenvalue weighted by Crippen LogP contribution is 2.23. The molecule has 6 heteroatoms. The maximum atomic E-state index is 13.0. The zero-order valence-corrected chi connectivity index (χ0v) is 12.3. The SMILES string of the molecule is O=C(NCC(O)c1cc(Cl)cc(Cl)c1)c1cccc(F)c1. The summed E-state index contributed by atoms with van der Waals surface area (Å²) in [4.78, 5) is 11.8. The molecule has 0 radical (unpaired) electrons. The van der Waals surface area contributed by atoms with Gasteiger partial charge in [0.05, 0.1) is 6.10 Å². The van der Waals surface area contributed by atoms with Crippen molar-refractivity contribution in [2.75, 3.05) is 6.54 Å². The molecule has 2 aromatic rings. The first-order valence-corrected chi connectivity index (χ1v) is 6.89. The average molecular weight is 328 g/mol. The first-order valence-electron chi connectivity index (χ1n) is 6.13. The van der Waals surface area contributed by atoms with Gasteiger partial charge in [-0.3, -0.25) is 4.79 Å². The fourth-order valence-electron chi connectivity index (χ4n) is 1.81. The van der Waals surface area contributed by atoms with Crippen LogP contribution in [0.15, 0.2) is 42.5 Å². The number of aliphatic hydroxyl groups excluding tert-OH is 1. The summed E-state index contributed by atoms with van der Waals surface area (Å²) in [7, 11) is 0. The smallest absolute Gasteiger partial charge is 0.251 e. The Morgan fingerprint density at radius 3 is 2.48 bits per heavy atom. The lowest BCUT2D eigenvalue weighted by molar-refractivity contribution is 0.0916. The van der Waals surface area contributed by atoms with Gasteiger partial charge >= 0.3 is 0 Å². The number of carbonyl (C=O) groups excluding carboxylic acids is 1. The van der Waals surface area contributed by atoms with E-state index in [1.165, 1.54) is 18.2 Å². The third-order valence-electron chi connectivity index (χ3n) is 2.81. The maximum absolute atomic E-state index is 13.0. The Labute approximate surface area is 131 Å². The summed E-state index contributed by atoms with van der Waals surface area (Å²) in [6, 6.07) is 9.97. The van der Waals surface area contributed by atoms with Gasteiger partial charge in [-0.15, -0.1) is 0 Å². The minimum atomic E-state index is -0.960. The van der Waals surface area contributed by atoms with Crippen molar-refractivity contribution in [1.82, 2.24) is 5.32 Å². The predicted octanol–water partition coefficient (Wildman–Crippen LogP) is 3.60. The van der Waals surface area contributed by atoms with Crippen LogP contribution in [0.2, 0.25) is 10.0 Å². The van der Waals surface area contributed by atoms with Crippen molar-refractivity contribution in [2.24, 2.45) is 0 Å². The molecule has 2 rings (SSSR count). The summed E-state index contributed by atoms with van der Waals surface area (Å²) in [5.74, 6) is -0.966. The van der Waals surface area contributed by atoms with Crippen molar-refractivity contribution >= 4 is 29.1 Å². The molecule has 110 valence electrons. The molecule has 1 atom stereocenters. The first kappa shape index (κ1) is 15.8. The highest BCUT2D eigenvalue weighted by Gasteiger charge is 2.12. The van der Waals surface area contributed by atoms with Crippen LogP contribution in [0.4, 0.5) is 4.39 Å². The van der Waals surface area contributed by atoms with Crippen molar-refractivity contribution in [3.63, 3.8) is 0 Å². The minimum absolute atomic E-state index is 0.0357. The lowest BCUT2D eigenvalue weighted by atomic mass is 10.1. The average Bonchev–Trinajstić information content (AvgIpc) is 2.43. The summed E-state index contributed by atoms with van der Waals surface area (Å²) in [5.41, 5.74) is 0.679. The van der Waals surface area contributed by atoms with Gasteiger partial charge in [0, 0.05) is 22.2 Å². The summed E-state index contributed by atoms with van der Waals surface area (Å²) in [6.45, 7) is -0.0357. The molecule has 2 aromatic carbocycles. The van der Waals surface area contributed by atoms with Gasteiger partial charge in [-0.25, -0.2) is 4.39 Å². The number of hydrogen-bond donors (Lipinski definition) is 2. The van der Waals surface area contributed by atoms with Gasteiger partial charge < -0.3 is 10.4 Å². The molecule has 0 saturated carbocycles. The van der Waals surface area contributed by atoms with Crippen LogP contribution in [0.5, 0.6) is 0 Å². The molecule has 0 fully saturated rings. The maximum Gasteiger partial charge on any atom is 0.251 e. The summed E-state index contributed by atoms with van der Waals surface area (Å²) >= 11 is 11.7. The van der Waals surface area contributed by atoms with Crippen molar-refractivity contribution in [1.29, 1.82) is 0 Å². The molecule has 21 heavy (non-hydrogen) atoms. The van der Waals surface area contributed by atoms with E-state index >= 15 is 0 Å². The van der Waals surface area contributed by atoms with Gasteiger partial charge in [0.15, 0.2) is 0 Å². The third-order valence-corrected chi connectivity index (χ3v) is 3.25. The second-order valence-electron chi connectivity index (χ2n) is 4.44. The van der Waals surface area contributed by atoms with Gasteiger partial charge in [0.1, 0.15) is 5.82 Å². The Balaban J connectivity index is 2.00. The molecular weight excluding hydrogens is 316 g/mol. The lowest BCUT2D eigenvalue weighted by Crippen LogP contribution is -2.28. The number of benzene rings is 2. The third kappa shape index (κ3) is 4.43. The van der Waals surface area contributed by atoms with E-state index in [1.807, 2.05) is 0 Å². The molecule has 1 amide bonds. The van der Waals surface area contributed by atoms with Crippen LogP contribution in [0.3, 0.4) is 0 Å². The van der Waals surface area contributed by atoms with Crippen LogP contribution in [0.1, 0.15) is 22.0 Å². The standard InChI is InChI=1S/C15H12Cl2FNO2/c16-11-4-10(5-12(17)7-11)14(20)8-19-15(21)9-2-1-3-13(18)6-9/h1-7,14,20H,8H2,(H,19,21). The highest BCUT2D eigenvalue weighted by molar-refractivity contribution is 6.34. The monoisotopic (exact) mass is 327 g/mol. The largest absolute Gasteiger partial charge is 0.387 e. The number of rotatable bonds is 4. The Morgan fingerprint density at radius 2 is 1.86 bits per heavy atom. The molecule has 0 aliphatic rings. The summed E-state index contributed by atoms with van der Waals surface area (Å²) < 4.78 is 13.0. The van der Waals surface area contributed by atoms with Crippen LogP contribution >= 0.6 is 23.2 Å². The van der Waals surface area contributed by atoms with Gasteiger partial charge in [-0.2, -0.15) is 0 Å². The van der Waals surface area contributed by atoms with Crippen molar-refractivity contribution in [2.45, 2.75) is 6.10 Å². The van der Waals surface area contributed by atoms with Crippen molar-refractivity contribution in [3.8, 4) is 0 Å². The molecule has 0 heterocycles. The molecule has 0 aliphatic carbocycles. The molecule has 2 N–H and O–H groups in total. The fourth-order valence-corrected chi connectivity index (χ4v) is 2.35. The highest BCUT2D eigenvalue weighted by atomic mass is 35.5. The molecule has 0 bridgehead atoms. The van der Waals surface area contributed by atoms with Gasteiger partial charge in [0.2, 0.25) is 0 Å². The fraction of sp³-hybridized carbons (Fsp3) is 0.133. The minimum Gasteiger partial charge on any atom is -0.387 e. The normalized spacial score (nSPS) is 12.0. The zero-order valence-electron chi connectivity index (χ0n) is 10.8. The number of halogens is 3. The van der Waals surface area contributed by atoms with E-state index in [-0.39, 0.29) is 12.1 Å². The number of nitrogens with one attached hydrogen (secondary N) is 1. The number of amides is 1. The van der Waals surface area contributed by atoms with Crippen molar-refractivity contribution < 1.29 is 14.3 Å². The molecule has 0 spiro atoms. The van der Waals surface area contributed by atoms with Crippen LogP contribution < -0.4 is 5.32 Å². The van der Waals surface area contributed by atoms with Crippen LogP contribution in [0.25, 0.3) is 0 Å². The van der Waals surface area contributed by atoms with Crippen LogP contribution in [-0.2, 0) is 0 Å². The number of carbonyl (C=O) groups is 1. The second kappa shape index (κ2) is 6.89. The molecule has 3 nitrogen and oxygen atoms in total.